The SMILES string of the molecule is C/C=C(\C)C(=O)OC1CCC2(C)C3CCC4C5(O)CC(O)C6(O)C(CN7CC(C)CCC7C6(C)O)C5(O)CC42OC13O.O=S(=O)(O)O. The number of allylic oxidation sites excluding steroid dienone is 1. The van der Waals surface area contributed by atoms with Crippen LogP contribution >= 0.6 is 0 Å². The first kappa shape index (κ1) is 35.6. The first-order valence-electron chi connectivity index (χ1n) is 16.7. The second kappa shape index (κ2) is 10.6. The van der Waals surface area contributed by atoms with E-state index in [4.69, 9.17) is 27.0 Å². The van der Waals surface area contributed by atoms with Crippen LogP contribution in [0.1, 0.15) is 86.0 Å². The minimum Gasteiger partial charge on any atom is -0.453 e. The molecule has 7 fully saturated rings. The lowest BCUT2D eigenvalue weighted by Gasteiger charge is -2.68. The summed E-state index contributed by atoms with van der Waals surface area (Å²) in [5.74, 6) is -4.05. The lowest BCUT2D eigenvalue weighted by molar-refractivity contribution is -0.354. The fourth-order valence-corrected chi connectivity index (χ4v) is 11.8. The monoisotopic (exact) mass is 689 g/mol. The van der Waals surface area contributed by atoms with E-state index in [1.807, 2.05) is 6.92 Å². The molecule has 0 radical (unpaired) electrons. The highest BCUT2D eigenvalue weighted by Gasteiger charge is 2.88. The Labute approximate surface area is 275 Å². The zero-order chi connectivity index (χ0) is 35.0. The quantitative estimate of drug-likeness (QED) is 0.111. The van der Waals surface area contributed by atoms with Gasteiger partial charge in [0, 0.05) is 60.7 Å². The maximum absolute atomic E-state index is 12.9. The summed E-state index contributed by atoms with van der Waals surface area (Å²) in [5, 5.41) is 73.9. The standard InChI is InChI=1S/C32H49NO9.H2O4S/c1-6-18(3)25(35)41-24-11-12-26(4)19-8-9-20-28(37)13-23(34)31(39)21(29(28,38)16-30(20,26)42-32(19,24)40)15-33-14-17(2)7-10-22(33)27(31,5)36;1-5(2,3)4/h6,17,19-24,34,36-40H,7-16H2,1-5H3;(H2,1,2,3,4)/b18-6+;. The number of rotatable bonds is 2. The molecule has 3 saturated heterocycles. The smallest absolute Gasteiger partial charge is 0.394 e. The molecule has 4 aliphatic carbocycles. The second-order valence-corrected chi connectivity index (χ2v) is 17.0. The van der Waals surface area contributed by atoms with Crippen LogP contribution in [0.25, 0.3) is 0 Å². The number of ether oxygens (including phenoxy) is 2. The Balaban J connectivity index is 0.000000720. The molecule has 0 aromatic heterocycles. The summed E-state index contributed by atoms with van der Waals surface area (Å²) in [7, 11) is -4.67. The van der Waals surface area contributed by atoms with Crippen molar-refractivity contribution in [2.24, 2.45) is 29.1 Å². The van der Waals surface area contributed by atoms with Gasteiger partial charge in [0.25, 0.3) is 0 Å². The average molecular weight is 690 g/mol. The van der Waals surface area contributed by atoms with Gasteiger partial charge in [-0.1, -0.05) is 19.9 Å². The van der Waals surface area contributed by atoms with E-state index in [2.05, 4.69) is 11.8 Å². The fraction of sp³-hybridized carbons (Fsp3) is 0.906. The van der Waals surface area contributed by atoms with Gasteiger partial charge in [-0.3, -0.25) is 14.0 Å². The summed E-state index contributed by atoms with van der Waals surface area (Å²) < 4.78 is 44.2. The maximum Gasteiger partial charge on any atom is 0.394 e. The lowest BCUT2D eigenvalue weighted by Crippen LogP contribution is -2.85. The molecule has 3 heterocycles. The summed E-state index contributed by atoms with van der Waals surface area (Å²) in [4.78, 5) is 14.9. The predicted molar refractivity (Wildman–Crippen MR) is 164 cm³/mol. The number of carbonyl (C=O) groups is 1. The van der Waals surface area contributed by atoms with E-state index in [1.165, 1.54) is 0 Å². The molecule has 4 bridgehead atoms. The minimum absolute atomic E-state index is 0.0606. The Bertz CT molecular complexity index is 1450. The molecule has 3 aliphatic heterocycles. The van der Waals surface area contributed by atoms with Crippen LogP contribution in [0.4, 0.5) is 0 Å². The largest absolute Gasteiger partial charge is 0.453 e. The van der Waals surface area contributed by atoms with Gasteiger partial charge in [0.1, 0.15) is 22.4 Å². The van der Waals surface area contributed by atoms with E-state index in [1.54, 1.807) is 26.8 Å². The van der Waals surface area contributed by atoms with Crippen LogP contribution in [0.15, 0.2) is 11.6 Å². The van der Waals surface area contributed by atoms with Gasteiger partial charge in [0.05, 0.1) is 11.7 Å². The number of aliphatic hydroxyl groups is 6. The predicted octanol–water partition coefficient (Wildman–Crippen LogP) is 0.338. The molecule has 0 aromatic carbocycles. The molecule has 14 unspecified atom stereocenters. The van der Waals surface area contributed by atoms with Crippen LogP contribution in [-0.4, -0.2) is 124 Å². The van der Waals surface area contributed by atoms with Gasteiger partial charge in [0.2, 0.25) is 5.79 Å². The molecule has 0 aromatic rings. The van der Waals surface area contributed by atoms with Crippen LogP contribution in [-0.2, 0) is 24.7 Å². The fourth-order valence-electron chi connectivity index (χ4n) is 11.8. The Morgan fingerprint density at radius 2 is 1.55 bits per heavy atom. The van der Waals surface area contributed by atoms with Crippen LogP contribution in [0, 0.1) is 29.1 Å². The summed E-state index contributed by atoms with van der Waals surface area (Å²) in [6, 6.07) is -0.387. The molecule has 0 amide bonds. The Morgan fingerprint density at radius 3 is 2.17 bits per heavy atom. The molecule has 47 heavy (non-hydrogen) atoms. The Hall–Kier alpha value is -1.24. The third-order valence-corrected chi connectivity index (χ3v) is 14.1. The van der Waals surface area contributed by atoms with Gasteiger partial charge in [-0.15, -0.1) is 0 Å². The molecule has 14 nitrogen and oxygen atoms in total. The number of fused-ring (bicyclic) bond motifs is 5. The molecule has 8 N–H and O–H groups in total. The maximum atomic E-state index is 12.9. The third-order valence-electron chi connectivity index (χ3n) is 14.1. The van der Waals surface area contributed by atoms with E-state index in [9.17, 15) is 35.4 Å². The molecule has 7 aliphatic rings. The van der Waals surface area contributed by atoms with Crippen molar-refractivity contribution in [3.05, 3.63) is 11.6 Å². The summed E-state index contributed by atoms with van der Waals surface area (Å²) in [6.07, 6.45) is 2.30. The molecule has 1 spiro atoms. The average Bonchev–Trinajstić information content (AvgIpc) is 3.12. The number of nitrogens with zero attached hydrogens (tertiary/aromatic N) is 1. The summed E-state index contributed by atoms with van der Waals surface area (Å²) in [5.41, 5.74) is -8.96. The van der Waals surface area contributed by atoms with Gasteiger partial charge >= 0.3 is 16.4 Å². The van der Waals surface area contributed by atoms with Crippen molar-refractivity contribution in [2.75, 3.05) is 13.1 Å². The van der Waals surface area contributed by atoms with Crippen molar-refractivity contribution in [3.8, 4) is 0 Å². The normalized spacial score (nSPS) is 55.1. The van der Waals surface area contributed by atoms with Gasteiger partial charge < -0.3 is 40.1 Å². The van der Waals surface area contributed by atoms with Crippen molar-refractivity contribution in [1.82, 2.24) is 4.90 Å². The van der Waals surface area contributed by atoms with Crippen LogP contribution < -0.4 is 0 Å². The van der Waals surface area contributed by atoms with Gasteiger partial charge in [0.15, 0.2) is 6.10 Å². The first-order valence-corrected chi connectivity index (χ1v) is 18.1. The zero-order valence-electron chi connectivity index (χ0n) is 27.7. The minimum atomic E-state index is -4.67. The van der Waals surface area contributed by atoms with Crippen molar-refractivity contribution >= 4 is 16.4 Å². The molecular weight excluding hydrogens is 638 g/mol. The number of hydrogen-bond donors (Lipinski definition) is 8. The molecular formula is C32H51NO13S. The topological polar surface area (TPSA) is 235 Å². The van der Waals surface area contributed by atoms with Crippen molar-refractivity contribution < 1.29 is 62.4 Å². The zero-order valence-corrected chi connectivity index (χ0v) is 28.5. The lowest BCUT2D eigenvalue weighted by atomic mass is 9.49. The first-order chi connectivity index (χ1) is 21.5. The van der Waals surface area contributed by atoms with Gasteiger partial charge in [-0.05, 0) is 65.2 Å². The molecule has 14 atom stereocenters. The highest BCUT2D eigenvalue weighted by Crippen LogP contribution is 2.78. The van der Waals surface area contributed by atoms with E-state index < -0.39 is 85.5 Å². The molecule has 268 valence electrons. The van der Waals surface area contributed by atoms with Crippen molar-refractivity contribution in [2.45, 2.75) is 138 Å². The van der Waals surface area contributed by atoms with E-state index >= 15 is 0 Å². The Morgan fingerprint density at radius 1 is 0.936 bits per heavy atom. The van der Waals surface area contributed by atoms with E-state index in [0.717, 1.165) is 6.42 Å². The van der Waals surface area contributed by atoms with Crippen molar-refractivity contribution in [3.63, 3.8) is 0 Å². The number of hydrogen-bond acceptors (Lipinski definition) is 12. The van der Waals surface area contributed by atoms with Gasteiger partial charge in [-0.25, -0.2) is 4.79 Å². The molecule has 4 saturated carbocycles. The van der Waals surface area contributed by atoms with E-state index in [-0.39, 0.29) is 25.4 Å². The Kier molecular flexibility index (Phi) is 8.05. The van der Waals surface area contributed by atoms with E-state index in [0.29, 0.717) is 50.1 Å². The second-order valence-electron chi connectivity index (χ2n) is 16.1. The third kappa shape index (κ3) is 4.51. The molecule has 15 heteroatoms. The van der Waals surface area contributed by atoms with Gasteiger partial charge in [-0.2, -0.15) is 8.42 Å². The highest BCUT2D eigenvalue weighted by atomic mass is 32.3. The van der Waals surface area contributed by atoms with Crippen LogP contribution in [0.5, 0.6) is 0 Å². The van der Waals surface area contributed by atoms with Crippen LogP contribution in [0.2, 0.25) is 0 Å². The van der Waals surface area contributed by atoms with Crippen molar-refractivity contribution in [1.29, 1.82) is 0 Å². The summed E-state index contributed by atoms with van der Waals surface area (Å²) >= 11 is 0. The number of piperidine rings is 2. The highest BCUT2D eigenvalue weighted by molar-refractivity contribution is 7.79. The number of aliphatic hydroxyl groups excluding tert-OH is 1. The number of carbonyl (C=O) groups excluding carboxylic acids is 1. The van der Waals surface area contributed by atoms with Crippen LogP contribution in [0.3, 0.4) is 0 Å². The molecule has 7 rings (SSSR count). The summed E-state index contributed by atoms with van der Waals surface area (Å²) in [6.45, 7) is 10.1. The number of esters is 1.